The van der Waals surface area contributed by atoms with Crippen molar-refractivity contribution in [2.75, 3.05) is 0 Å². The highest BCUT2D eigenvalue weighted by Crippen LogP contribution is 2.32. The van der Waals surface area contributed by atoms with Crippen molar-refractivity contribution in [2.45, 2.75) is 65.4 Å². The van der Waals surface area contributed by atoms with Crippen LogP contribution in [0.1, 0.15) is 59.3 Å². The van der Waals surface area contributed by atoms with Crippen LogP contribution in [0.4, 0.5) is 0 Å². The largest absolute Gasteiger partial charge is 0.393 e. The fraction of sp³-hybridized carbons (Fsp3) is 1.00. The average Bonchev–Trinajstić information content (AvgIpc) is 2.15. The van der Waals surface area contributed by atoms with Crippen LogP contribution in [-0.2, 0) is 0 Å². The topological polar surface area (TPSA) is 20.2 Å². The van der Waals surface area contributed by atoms with Crippen molar-refractivity contribution in [1.82, 2.24) is 0 Å². The van der Waals surface area contributed by atoms with Gasteiger partial charge in [-0.2, -0.15) is 0 Å². The van der Waals surface area contributed by atoms with Gasteiger partial charge >= 0.3 is 0 Å². The lowest BCUT2D eigenvalue weighted by atomic mass is 9.77. The van der Waals surface area contributed by atoms with E-state index in [0.29, 0.717) is 11.8 Å². The minimum absolute atomic E-state index is 0.128. The Kier molecular flexibility index (Phi) is 4.94. The molecule has 14 heavy (non-hydrogen) atoms. The Hall–Kier alpha value is -0.0400. The van der Waals surface area contributed by atoms with Gasteiger partial charge in [-0.15, -0.1) is 0 Å². The molecule has 1 rings (SSSR count). The molecule has 1 N–H and O–H groups in total. The summed E-state index contributed by atoms with van der Waals surface area (Å²) in [6.07, 6.45) is 8.17. The first-order valence-electron chi connectivity index (χ1n) is 6.29. The Balaban J connectivity index is 2.37. The number of hydrogen-bond donors (Lipinski definition) is 1. The maximum atomic E-state index is 9.71. The van der Waals surface area contributed by atoms with Gasteiger partial charge in [0, 0.05) is 0 Å². The van der Waals surface area contributed by atoms with Crippen molar-refractivity contribution in [3.8, 4) is 0 Å². The molecule has 84 valence electrons. The van der Waals surface area contributed by atoms with Crippen molar-refractivity contribution < 1.29 is 5.11 Å². The van der Waals surface area contributed by atoms with E-state index in [1.54, 1.807) is 0 Å². The second kappa shape index (κ2) is 5.75. The zero-order valence-corrected chi connectivity index (χ0v) is 10.00. The molecule has 1 saturated carbocycles. The van der Waals surface area contributed by atoms with Gasteiger partial charge in [-0.05, 0) is 31.1 Å². The Morgan fingerprint density at radius 2 is 1.64 bits per heavy atom. The first-order valence-corrected chi connectivity index (χ1v) is 6.29. The first kappa shape index (κ1) is 12.0. The SMILES string of the molecule is CC(C)[C@@H](CC1CCCCC1)[C@H](C)O. The standard InChI is InChI=1S/C13H26O/c1-10(2)13(11(3)14)9-12-7-5-4-6-8-12/h10-14H,4-9H2,1-3H3/t11-,13+/m0/s1. The molecule has 1 fully saturated rings. The molecule has 1 nitrogen and oxygen atoms in total. The third kappa shape index (κ3) is 3.61. The zero-order valence-electron chi connectivity index (χ0n) is 10.00. The molecule has 0 heterocycles. The first-order chi connectivity index (χ1) is 6.61. The van der Waals surface area contributed by atoms with Crippen LogP contribution in [0.25, 0.3) is 0 Å². The third-order valence-corrected chi connectivity index (χ3v) is 3.81. The van der Waals surface area contributed by atoms with Gasteiger partial charge in [0.2, 0.25) is 0 Å². The summed E-state index contributed by atoms with van der Waals surface area (Å²) in [6.45, 7) is 6.42. The molecule has 0 aliphatic heterocycles. The van der Waals surface area contributed by atoms with Gasteiger partial charge in [0.15, 0.2) is 0 Å². The van der Waals surface area contributed by atoms with Crippen molar-refractivity contribution in [1.29, 1.82) is 0 Å². The number of aliphatic hydroxyl groups is 1. The van der Waals surface area contributed by atoms with Crippen LogP contribution < -0.4 is 0 Å². The highest BCUT2D eigenvalue weighted by atomic mass is 16.3. The van der Waals surface area contributed by atoms with Gasteiger partial charge < -0.3 is 5.11 Å². The van der Waals surface area contributed by atoms with Crippen molar-refractivity contribution in [3.05, 3.63) is 0 Å². The van der Waals surface area contributed by atoms with Crippen LogP contribution in [0, 0.1) is 17.8 Å². The fourth-order valence-corrected chi connectivity index (χ4v) is 2.83. The molecule has 0 unspecified atom stereocenters. The Labute approximate surface area is 88.9 Å². The van der Waals surface area contributed by atoms with Gasteiger partial charge in [-0.3, -0.25) is 0 Å². The minimum atomic E-state index is -0.128. The van der Waals surface area contributed by atoms with Gasteiger partial charge in [0.1, 0.15) is 0 Å². The van der Waals surface area contributed by atoms with E-state index in [9.17, 15) is 5.11 Å². The Morgan fingerprint density at radius 1 is 1.07 bits per heavy atom. The van der Waals surface area contributed by atoms with Crippen LogP contribution in [0.2, 0.25) is 0 Å². The third-order valence-electron chi connectivity index (χ3n) is 3.81. The molecule has 0 bridgehead atoms. The van der Waals surface area contributed by atoms with Crippen LogP contribution >= 0.6 is 0 Å². The van der Waals surface area contributed by atoms with Crippen LogP contribution in [0.3, 0.4) is 0 Å². The molecule has 0 aromatic rings. The lowest BCUT2D eigenvalue weighted by Gasteiger charge is -2.30. The minimum Gasteiger partial charge on any atom is -0.393 e. The fourth-order valence-electron chi connectivity index (χ4n) is 2.83. The van der Waals surface area contributed by atoms with E-state index in [-0.39, 0.29) is 6.10 Å². The molecule has 1 heteroatoms. The Morgan fingerprint density at radius 3 is 2.07 bits per heavy atom. The molecular formula is C13H26O. The van der Waals surface area contributed by atoms with E-state index in [1.165, 1.54) is 38.5 Å². The van der Waals surface area contributed by atoms with E-state index in [2.05, 4.69) is 13.8 Å². The van der Waals surface area contributed by atoms with Gasteiger partial charge in [0.25, 0.3) is 0 Å². The summed E-state index contributed by atoms with van der Waals surface area (Å²) in [5, 5.41) is 9.71. The second-order valence-electron chi connectivity index (χ2n) is 5.39. The highest BCUT2D eigenvalue weighted by molar-refractivity contribution is 4.75. The predicted octanol–water partition coefficient (Wildman–Crippen LogP) is 3.61. The normalized spacial score (nSPS) is 23.8. The van der Waals surface area contributed by atoms with Gasteiger partial charge in [-0.1, -0.05) is 46.0 Å². The van der Waals surface area contributed by atoms with E-state index >= 15 is 0 Å². The van der Waals surface area contributed by atoms with Crippen LogP contribution in [0.5, 0.6) is 0 Å². The second-order valence-corrected chi connectivity index (χ2v) is 5.39. The van der Waals surface area contributed by atoms with Crippen molar-refractivity contribution >= 4 is 0 Å². The molecule has 1 aliphatic carbocycles. The summed E-state index contributed by atoms with van der Waals surface area (Å²) in [7, 11) is 0. The number of hydrogen-bond acceptors (Lipinski definition) is 1. The molecular weight excluding hydrogens is 172 g/mol. The summed E-state index contributed by atoms with van der Waals surface area (Å²) in [5.74, 6) is 2.03. The smallest absolute Gasteiger partial charge is 0.0542 e. The molecule has 2 atom stereocenters. The zero-order chi connectivity index (χ0) is 10.6. The summed E-state index contributed by atoms with van der Waals surface area (Å²) in [4.78, 5) is 0. The van der Waals surface area contributed by atoms with Crippen molar-refractivity contribution in [3.63, 3.8) is 0 Å². The summed E-state index contributed by atoms with van der Waals surface area (Å²) in [5.41, 5.74) is 0. The van der Waals surface area contributed by atoms with E-state index in [0.717, 1.165) is 5.92 Å². The molecule has 0 aromatic heterocycles. The van der Waals surface area contributed by atoms with Crippen molar-refractivity contribution in [2.24, 2.45) is 17.8 Å². The van der Waals surface area contributed by atoms with E-state index in [4.69, 9.17) is 0 Å². The molecule has 0 spiro atoms. The van der Waals surface area contributed by atoms with Crippen LogP contribution in [0.15, 0.2) is 0 Å². The lowest BCUT2D eigenvalue weighted by Crippen LogP contribution is -2.25. The van der Waals surface area contributed by atoms with Crippen LogP contribution in [-0.4, -0.2) is 11.2 Å². The monoisotopic (exact) mass is 198 g/mol. The summed E-state index contributed by atoms with van der Waals surface area (Å²) < 4.78 is 0. The molecule has 0 saturated heterocycles. The van der Waals surface area contributed by atoms with Gasteiger partial charge in [0.05, 0.1) is 6.10 Å². The number of rotatable bonds is 4. The van der Waals surface area contributed by atoms with Gasteiger partial charge in [-0.25, -0.2) is 0 Å². The quantitative estimate of drug-likeness (QED) is 0.731. The highest BCUT2D eigenvalue weighted by Gasteiger charge is 2.24. The summed E-state index contributed by atoms with van der Waals surface area (Å²) >= 11 is 0. The number of aliphatic hydroxyl groups excluding tert-OH is 1. The predicted molar refractivity (Wildman–Crippen MR) is 61.2 cm³/mol. The molecule has 0 aromatic carbocycles. The Bertz CT molecular complexity index is 137. The molecule has 0 amide bonds. The summed E-state index contributed by atoms with van der Waals surface area (Å²) in [6, 6.07) is 0. The average molecular weight is 198 g/mol. The maximum absolute atomic E-state index is 9.71. The van der Waals surface area contributed by atoms with E-state index in [1.807, 2.05) is 6.92 Å². The maximum Gasteiger partial charge on any atom is 0.0542 e. The molecule has 1 aliphatic rings. The lowest BCUT2D eigenvalue weighted by molar-refractivity contribution is 0.0747. The van der Waals surface area contributed by atoms with E-state index < -0.39 is 0 Å². The molecule has 0 radical (unpaired) electrons.